The molecule has 3 saturated heterocycles. The maximum atomic E-state index is 12.7. The molecule has 13 heteroatoms. The van der Waals surface area contributed by atoms with Crippen LogP contribution in [0.25, 0.3) is 0 Å². The number of allylic oxidation sites excluding steroid dienone is 1. The molecule has 4 rings (SSSR count). The van der Waals surface area contributed by atoms with Gasteiger partial charge in [0.25, 0.3) is 0 Å². The van der Waals surface area contributed by atoms with Gasteiger partial charge in [0, 0.05) is 38.8 Å². The van der Waals surface area contributed by atoms with Crippen LogP contribution in [0.4, 0.5) is 4.79 Å². The second-order valence-corrected chi connectivity index (χ2v) is 14.1. The molecule has 1 aliphatic carbocycles. The number of methoxy groups -OCH3 is 1. The lowest BCUT2D eigenvalue weighted by Crippen LogP contribution is -2.56. The molecule has 1 saturated carbocycles. The number of carbonyl (C=O) groups is 5. The Hall–Kier alpha value is -2.48. The minimum absolute atomic E-state index is 0.0189. The fourth-order valence-corrected chi connectivity index (χ4v) is 7.53. The molecule has 0 bridgehead atoms. The van der Waals surface area contributed by atoms with Crippen LogP contribution in [-0.2, 0) is 38.1 Å². The van der Waals surface area contributed by atoms with E-state index >= 15 is 0 Å². The first-order chi connectivity index (χ1) is 21.4. The number of epoxide rings is 2. The van der Waals surface area contributed by atoms with Gasteiger partial charge >= 0.3 is 6.09 Å². The van der Waals surface area contributed by atoms with E-state index in [2.05, 4.69) is 37.5 Å². The van der Waals surface area contributed by atoms with E-state index in [9.17, 15) is 24.0 Å². The molecule has 45 heavy (non-hydrogen) atoms. The molecular weight excluding hydrogens is 602 g/mol. The summed E-state index contributed by atoms with van der Waals surface area (Å²) in [5, 5.41) is 5.15. The molecule has 0 aromatic rings. The number of alkyl carbamates (subject to hydrolysis) is 1. The summed E-state index contributed by atoms with van der Waals surface area (Å²) >= 11 is 1.28. The number of thioether (sulfide) groups is 1. The normalized spacial score (nSPS) is 31.7. The SMILES string of the molecule is CO[C@@H]1[C@H](OC(=O)NC(=O)CSCCNC(=O)C2CCCN2C(=O)CCCC(C)=O)CC[C@]2(CO2)[C@H]1[C@@]1(C)O[C@@H]1CC=C(C)C. The quantitative estimate of drug-likeness (QED) is 0.153. The molecule has 1 spiro atoms. The van der Waals surface area contributed by atoms with Crippen molar-refractivity contribution in [1.29, 1.82) is 0 Å². The van der Waals surface area contributed by atoms with Crippen LogP contribution in [0.5, 0.6) is 0 Å². The van der Waals surface area contributed by atoms with E-state index in [1.807, 2.05) is 0 Å². The molecule has 12 nitrogen and oxygen atoms in total. The van der Waals surface area contributed by atoms with Crippen molar-refractivity contribution >= 4 is 41.4 Å². The molecule has 252 valence electrons. The molecule has 0 aromatic heterocycles. The Balaban J connectivity index is 1.16. The third kappa shape index (κ3) is 9.08. The number of nitrogens with zero attached hydrogens (tertiary/aromatic N) is 1. The summed E-state index contributed by atoms with van der Waals surface area (Å²) in [6.45, 7) is 9.17. The summed E-state index contributed by atoms with van der Waals surface area (Å²) in [6, 6.07) is -0.508. The third-order valence-corrected chi connectivity index (χ3v) is 10.3. The number of imide groups is 1. The number of ether oxygens (including phenoxy) is 4. The van der Waals surface area contributed by atoms with Gasteiger partial charge in [0.05, 0.1) is 24.4 Å². The molecule has 7 atom stereocenters. The average Bonchev–Trinajstić information content (AvgIpc) is 3.82. The summed E-state index contributed by atoms with van der Waals surface area (Å²) in [5.41, 5.74) is 0.436. The van der Waals surface area contributed by atoms with Crippen molar-refractivity contribution in [3.63, 3.8) is 0 Å². The van der Waals surface area contributed by atoms with E-state index in [1.165, 1.54) is 24.3 Å². The summed E-state index contributed by atoms with van der Waals surface area (Å²) in [7, 11) is 1.60. The number of hydrogen-bond donors (Lipinski definition) is 2. The van der Waals surface area contributed by atoms with E-state index in [0.717, 1.165) is 12.8 Å². The monoisotopic (exact) mass is 651 g/mol. The number of carbonyl (C=O) groups excluding carboxylic acids is 5. The highest BCUT2D eigenvalue weighted by molar-refractivity contribution is 7.99. The van der Waals surface area contributed by atoms with E-state index in [1.54, 1.807) is 12.0 Å². The van der Waals surface area contributed by atoms with Crippen LogP contribution in [-0.4, -0.2) is 108 Å². The fraction of sp³-hybridized carbons (Fsp3) is 0.781. The Morgan fingerprint density at radius 3 is 2.53 bits per heavy atom. The first-order valence-corrected chi connectivity index (χ1v) is 17.2. The number of Topliss-reactive ketones (excluding diaryl/α,β-unsaturated/α-hetero) is 1. The topological polar surface area (TPSA) is 156 Å². The van der Waals surface area contributed by atoms with Gasteiger partial charge in [-0.25, -0.2) is 4.79 Å². The summed E-state index contributed by atoms with van der Waals surface area (Å²) in [5.74, 6) is -0.401. The maximum absolute atomic E-state index is 12.7. The van der Waals surface area contributed by atoms with Crippen LogP contribution in [0.15, 0.2) is 11.6 Å². The van der Waals surface area contributed by atoms with Gasteiger partial charge in [0.2, 0.25) is 17.7 Å². The smallest absolute Gasteiger partial charge is 0.414 e. The zero-order valence-corrected chi connectivity index (χ0v) is 28.0. The van der Waals surface area contributed by atoms with Crippen molar-refractivity contribution in [3.8, 4) is 0 Å². The van der Waals surface area contributed by atoms with Gasteiger partial charge in [-0.1, -0.05) is 11.6 Å². The molecule has 2 N–H and O–H groups in total. The second kappa shape index (κ2) is 15.4. The Labute approximate surface area is 270 Å². The first-order valence-electron chi connectivity index (χ1n) is 16.0. The van der Waals surface area contributed by atoms with Crippen LogP contribution in [0.2, 0.25) is 0 Å². The highest BCUT2D eigenvalue weighted by atomic mass is 32.2. The van der Waals surface area contributed by atoms with Crippen LogP contribution in [0.1, 0.15) is 79.1 Å². The Morgan fingerprint density at radius 2 is 1.87 bits per heavy atom. The molecule has 3 heterocycles. The molecule has 3 aliphatic heterocycles. The standard InChI is InChI=1S/C32H49N3O9S/c1-20(2)11-12-24-31(4,44-24)28-27(41-5)23(13-14-32(28)19-42-32)43-30(40)34-25(37)18-45-17-15-33-29(39)22-9-7-16-35(22)26(38)10-6-8-21(3)36/h11,22-24,27-28H,6-10,12-19H2,1-5H3,(H,33,39)(H,34,37,40)/t22?,23-,24-,27-,28-,31+,32+/m1/s1. The van der Waals surface area contributed by atoms with E-state index < -0.39 is 35.9 Å². The number of rotatable bonds is 15. The predicted molar refractivity (Wildman–Crippen MR) is 168 cm³/mol. The van der Waals surface area contributed by atoms with Gasteiger partial charge in [-0.2, -0.15) is 11.8 Å². The Bertz CT molecular complexity index is 1150. The Morgan fingerprint density at radius 1 is 1.11 bits per heavy atom. The minimum Gasteiger partial charge on any atom is -0.443 e. The van der Waals surface area contributed by atoms with E-state index in [0.29, 0.717) is 57.6 Å². The van der Waals surface area contributed by atoms with Crippen molar-refractivity contribution in [2.24, 2.45) is 5.92 Å². The van der Waals surface area contributed by atoms with Crippen molar-refractivity contribution in [2.45, 2.75) is 115 Å². The number of ketones is 1. The van der Waals surface area contributed by atoms with E-state index in [-0.39, 0.29) is 47.4 Å². The molecular formula is C32H49N3O9S. The van der Waals surface area contributed by atoms with Crippen LogP contribution in [0, 0.1) is 5.92 Å². The highest BCUT2D eigenvalue weighted by Crippen LogP contribution is 2.59. The summed E-state index contributed by atoms with van der Waals surface area (Å²) in [4.78, 5) is 63.1. The van der Waals surface area contributed by atoms with Gasteiger partial charge in [0.1, 0.15) is 35.2 Å². The van der Waals surface area contributed by atoms with E-state index in [4.69, 9.17) is 18.9 Å². The lowest BCUT2D eigenvalue weighted by atomic mass is 9.68. The molecule has 4 amide bonds. The van der Waals surface area contributed by atoms with Gasteiger partial charge < -0.3 is 34.0 Å². The third-order valence-electron chi connectivity index (χ3n) is 9.31. The predicted octanol–water partition coefficient (Wildman–Crippen LogP) is 2.92. The van der Waals surface area contributed by atoms with Crippen molar-refractivity contribution in [3.05, 3.63) is 11.6 Å². The fourth-order valence-electron chi connectivity index (χ4n) is 6.89. The van der Waals surface area contributed by atoms with Gasteiger partial charge in [-0.05, 0) is 66.2 Å². The summed E-state index contributed by atoms with van der Waals surface area (Å²) in [6.07, 6.45) is 4.92. The number of amides is 4. The lowest BCUT2D eigenvalue weighted by Gasteiger charge is -2.42. The zero-order chi connectivity index (χ0) is 32.8. The molecule has 0 radical (unpaired) electrons. The van der Waals surface area contributed by atoms with Crippen molar-refractivity contribution in [1.82, 2.24) is 15.5 Å². The van der Waals surface area contributed by atoms with Gasteiger partial charge in [-0.3, -0.25) is 19.7 Å². The maximum Gasteiger partial charge on any atom is 0.414 e. The number of likely N-dealkylation sites (tertiary alicyclic amines) is 1. The zero-order valence-electron chi connectivity index (χ0n) is 27.2. The lowest BCUT2D eigenvalue weighted by molar-refractivity contribution is -0.138. The average molecular weight is 652 g/mol. The molecule has 1 unspecified atom stereocenters. The highest BCUT2D eigenvalue weighted by Gasteiger charge is 2.72. The Kier molecular flexibility index (Phi) is 12.1. The largest absolute Gasteiger partial charge is 0.443 e. The molecule has 4 aliphatic rings. The van der Waals surface area contributed by atoms with Crippen LogP contribution >= 0.6 is 11.8 Å². The molecule has 0 aromatic carbocycles. The first kappa shape index (κ1) is 35.4. The number of nitrogens with one attached hydrogen (secondary N) is 2. The van der Waals surface area contributed by atoms with Gasteiger partial charge in [0.15, 0.2) is 0 Å². The van der Waals surface area contributed by atoms with Crippen molar-refractivity contribution < 1.29 is 42.9 Å². The number of hydrogen-bond acceptors (Lipinski definition) is 10. The van der Waals surface area contributed by atoms with Crippen LogP contribution in [0.3, 0.4) is 0 Å². The van der Waals surface area contributed by atoms with Crippen molar-refractivity contribution in [2.75, 3.05) is 38.3 Å². The van der Waals surface area contributed by atoms with Crippen LogP contribution < -0.4 is 10.6 Å². The van der Waals surface area contributed by atoms with Gasteiger partial charge in [-0.15, -0.1) is 0 Å². The minimum atomic E-state index is -0.815. The molecule has 4 fully saturated rings. The second-order valence-electron chi connectivity index (χ2n) is 13.0. The summed E-state index contributed by atoms with van der Waals surface area (Å²) < 4.78 is 23.7.